The minimum Gasteiger partial charge on any atom is -0.377 e. The Hall–Kier alpha value is -1.35. The number of halogens is 1. The van der Waals surface area contributed by atoms with Gasteiger partial charge in [0.15, 0.2) is 5.96 Å². The van der Waals surface area contributed by atoms with Crippen molar-refractivity contribution >= 4 is 35.8 Å². The summed E-state index contributed by atoms with van der Waals surface area (Å²) in [5, 5.41) is 9.80. The first-order valence-electron chi connectivity index (χ1n) is 10.1. The van der Waals surface area contributed by atoms with Crippen LogP contribution in [0.25, 0.3) is 0 Å². The van der Waals surface area contributed by atoms with Crippen LogP contribution in [0, 0.1) is 11.3 Å². The van der Waals surface area contributed by atoms with Gasteiger partial charge in [-0.15, -0.1) is 24.0 Å². The lowest BCUT2D eigenvalue weighted by atomic mass is 9.46. The molecule has 28 heavy (non-hydrogen) atoms. The number of guanidine groups is 1. The summed E-state index contributed by atoms with van der Waals surface area (Å²) in [7, 11) is 3.48. The predicted molar refractivity (Wildman–Crippen MR) is 121 cm³/mol. The van der Waals surface area contributed by atoms with Crippen molar-refractivity contribution in [2.24, 2.45) is 16.3 Å². The summed E-state index contributed by atoms with van der Waals surface area (Å²) in [4.78, 5) is 16.2. The Balaban J connectivity index is 0.00000225. The van der Waals surface area contributed by atoms with Crippen molar-refractivity contribution in [1.82, 2.24) is 16.0 Å². The maximum Gasteiger partial charge on any atom is 0.251 e. The van der Waals surface area contributed by atoms with E-state index in [1.807, 2.05) is 25.2 Å². The van der Waals surface area contributed by atoms with E-state index in [4.69, 9.17) is 4.74 Å². The number of amides is 1. The Morgan fingerprint density at radius 1 is 1.36 bits per heavy atom. The molecule has 3 fully saturated rings. The molecule has 0 radical (unpaired) electrons. The minimum absolute atomic E-state index is 0. The fraction of sp³-hybridized carbons (Fsp3) is 0.619. The van der Waals surface area contributed by atoms with Crippen LogP contribution in [-0.2, 0) is 11.2 Å². The number of aliphatic imine (C=N–C) groups is 1. The average molecular weight is 498 g/mol. The van der Waals surface area contributed by atoms with Gasteiger partial charge in [-0.2, -0.15) is 0 Å². The van der Waals surface area contributed by atoms with E-state index in [0.29, 0.717) is 29.0 Å². The third kappa shape index (κ3) is 3.75. The van der Waals surface area contributed by atoms with Crippen LogP contribution < -0.4 is 16.0 Å². The highest BCUT2D eigenvalue weighted by Crippen LogP contribution is 2.62. The molecule has 0 aromatic heterocycles. The molecule has 154 valence electrons. The molecule has 1 heterocycles. The Morgan fingerprint density at radius 2 is 2.18 bits per heavy atom. The van der Waals surface area contributed by atoms with Crippen molar-refractivity contribution in [2.75, 3.05) is 27.2 Å². The van der Waals surface area contributed by atoms with Crippen molar-refractivity contribution in [3.05, 3.63) is 35.4 Å². The molecule has 6 nitrogen and oxygen atoms in total. The SMILES string of the molecule is CN=C(NCCc1cccc(C(=O)NC)c1)NC1C2CCOC2C12CCC2.I. The highest BCUT2D eigenvalue weighted by Gasteiger charge is 2.66. The summed E-state index contributed by atoms with van der Waals surface area (Å²) in [5.41, 5.74) is 2.19. The average Bonchev–Trinajstić information content (AvgIpc) is 3.07. The number of benzene rings is 1. The maximum atomic E-state index is 11.8. The first-order valence-corrected chi connectivity index (χ1v) is 10.1. The third-order valence-electron chi connectivity index (χ3n) is 6.67. The van der Waals surface area contributed by atoms with Gasteiger partial charge >= 0.3 is 0 Å². The number of nitrogens with zero attached hydrogens (tertiary/aromatic N) is 1. The Morgan fingerprint density at radius 3 is 2.86 bits per heavy atom. The molecular formula is C21H31IN4O2. The van der Waals surface area contributed by atoms with Crippen molar-refractivity contribution in [3.8, 4) is 0 Å². The van der Waals surface area contributed by atoms with Crippen LogP contribution in [0.4, 0.5) is 0 Å². The van der Waals surface area contributed by atoms with Crippen LogP contribution in [0.1, 0.15) is 41.6 Å². The lowest BCUT2D eigenvalue weighted by Crippen LogP contribution is -2.72. The summed E-state index contributed by atoms with van der Waals surface area (Å²) in [6.07, 6.45) is 6.33. The third-order valence-corrected chi connectivity index (χ3v) is 6.67. The molecule has 4 rings (SSSR count). The smallest absolute Gasteiger partial charge is 0.251 e. The molecule has 1 aliphatic heterocycles. The van der Waals surface area contributed by atoms with Crippen LogP contribution >= 0.6 is 24.0 Å². The van der Waals surface area contributed by atoms with Gasteiger partial charge in [0.05, 0.1) is 6.10 Å². The van der Waals surface area contributed by atoms with Gasteiger partial charge in [-0.25, -0.2) is 0 Å². The van der Waals surface area contributed by atoms with Gasteiger partial charge in [0.1, 0.15) is 0 Å². The highest BCUT2D eigenvalue weighted by molar-refractivity contribution is 14.0. The second-order valence-corrected chi connectivity index (χ2v) is 7.98. The second kappa shape index (κ2) is 8.98. The van der Waals surface area contributed by atoms with E-state index in [-0.39, 0.29) is 29.9 Å². The van der Waals surface area contributed by atoms with Gasteiger partial charge in [-0.1, -0.05) is 18.6 Å². The molecule has 3 unspecified atom stereocenters. The van der Waals surface area contributed by atoms with E-state index in [9.17, 15) is 4.79 Å². The van der Waals surface area contributed by atoms with E-state index < -0.39 is 0 Å². The van der Waals surface area contributed by atoms with Crippen molar-refractivity contribution in [1.29, 1.82) is 0 Å². The van der Waals surface area contributed by atoms with Crippen molar-refractivity contribution in [2.45, 2.75) is 44.2 Å². The van der Waals surface area contributed by atoms with Gasteiger partial charge < -0.3 is 20.7 Å². The minimum atomic E-state index is -0.0496. The molecular weight excluding hydrogens is 467 g/mol. The molecule has 2 aliphatic carbocycles. The van der Waals surface area contributed by atoms with E-state index in [1.54, 1.807) is 7.05 Å². The topological polar surface area (TPSA) is 74.8 Å². The molecule has 7 heteroatoms. The first-order chi connectivity index (χ1) is 13.2. The number of rotatable bonds is 5. The number of nitrogens with one attached hydrogen (secondary N) is 3. The van der Waals surface area contributed by atoms with Crippen LogP contribution in [-0.4, -0.2) is 51.3 Å². The quantitative estimate of drug-likeness (QED) is 0.331. The van der Waals surface area contributed by atoms with E-state index in [0.717, 1.165) is 37.5 Å². The predicted octanol–water partition coefficient (Wildman–Crippen LogP) is 2.33. The molecule has 0 bridgehead atoms. The molecule has 1 aromatic carbocycles. The summed E-state index contributed by atoms with van der Waals surface area (Å²) in [5.74, 6) is 1.46. The molecule has 2 saturated carbocycles. The van der Waals surface area contributed by atoms with Crippen molar-refractivity contribution < 1.29 is 9.53 Å². The zero-order valence-corrected chi connectivity index (χ0v) is 19.0. The standard InChI is InChI=1S/C21H30N4O2.HI/c1-22-19(26)15-6-3-5-14(13-15)7-11-24-20(23-2)25-17-16-8-12-27-18(16)21(17)9-4-10-21;/h3,5-6,13,16-18H,4,7-12H2,1-2H3,(H,22,26)(H2,23,24,25);1H. The summed E-state index contributed by atoms with van der Waals surface area (Å²) in [6.45, 7) is 1.68. The van der Waals surface area contributed by atoms with Crippen LogP contribution in [0.3, 0.4) is 0 Å². The van der Waals surface area contributed by atoms with Crippen LogP contribution in [0.15, 0.2) is 29.3 Å². The van der Waals surface area contributed by atoms with E-state index in [2.05, 4.69) is 27.0 Å². The van der Waals surface area contributed by atoms with Gasteiger partial charge in [0.2, 0.25) is 0 Å². The summed E-state index contributed by atoms with van der Waals surface area (Å²) >= 11 is 0. The zero-order chi connectivity index (χ0) is 18.9. The van der Waals surface area contributed by atoms with Crippen LogP contribution in [0.2, 0.25) is 0 Å². The van der Waals surface area contributed by atoms with Gasteiger partial charge in [0.25, 0.3) is 5.91 Å². The monoisotopic (exact) mass is 498 g/mol. The molecule has 3 N–H and O–H groups in total. The normalized spacial score (nSPS) is 27.1. The fourth-order valence-corrected chi connectivity index (χ4v) is 5.14. The zero-order valence-electron chi connectivity index (χ0n) is 16.7. The van der Waals surface area contributed by atoms with Crippen LogP contribution in [0.5, 0.6) is 0 Å². The number of hydrogen-bond donors (Lipinski definition) is 3. The summed E-state index contributed by atoms with van der Waals surface area (Å²) < 4.78 is 6.00. The van der Waals surface area contributed by atoms with E-state index >= 15 is 0 Å². The largest absolute Gasteiger partial charge is 0.377 e. The second-order valence-electron chi connectivity index (χ2n) is 7.98. The molecule has 1 amide bonds. The Kier molecular flexibility index (Phi) is 6.85. The van der Waals surface area contributed by atoms with Gasteiger partial charge in [-0.3, -0.25) is 9.79 Å². The lowest BCUT2D eigenvalue weighted by Gasteiger charge is -2.63. The number of carbonyl (C=O) groups excluding carboxylic acids is 1. The maximum absolute atomic E-state index is 11.8. The summed E-state index contributed by atoms with van der Waals surface area (Å²) in [6, 6.07) is 8.26. The number of fused-ring (bicyclic) bond motifs is 2. The molecule has 3 aliphatic rings. The number of hydrogen-bond acceptors (Lipinski definition) is 3. The van der Waals surface area contributed by atoms with Gasteiger partial charge in [0, 0.05) is 50.2 Å². The van der Waals surface area contributed by atoms with Crippen molar-refractivity contribution in [3.63, 3.8) is 0 Å². The molecule has 1 aromatic rings. The molecule has 1 saturated heterocycles. The Bertz CT molecular complexity index is 735. The van der Waals surface area contributed by atoms with Gasteiger partial charge in [-0.05, 0) is 43.4 Å². The Labute approximate surface area is 184 Å². The number of carbonyl (C=O) groups is 1. The highest BCUT2D eigenvalue weighted by atomic mass is 127. The number of ether oxygens (including phenoxy) is 1. The first kappa shape index (κ1) is 21.4. The molecule has 1 spiro atoms. The lowest BCUT2D eigenvalue weighted by molar-refractivity contribution is -0.171. The fourth-order valence-electron chi connectivity index (χ4n) is 5.14. The van der Waals surface area contributed by atoms with E-state index in [1.165, 1.54) is 19.3 Å². The molecule has 3 atom stereocenters.